The van der Waals surface area contributed by atoms with Gasteiger partial charge in [0.05, 0.1) is 18.1 Å². The summed E-state index contributed by atoms with van der Waals surface area (Å²) >= 11 is 0. The Bertz CT molecular complexity index is 239. The van der Waals surface area contributed by atoms with Crippen molar-refractivity contribution in [1.82, 2.24) is 10.6 Å². The third kappa shape index (κ3) is 4.08. The third-order valence-electron chi connectivity index (χ3n) is 2.87. The van der Waals surface area contributed by atoms with Crippen LogP contribution in [0.4, 0.5) is 0 Å². The Morgan fingerprint density at radius 3 is 2.50 bits per heavy atom. The fraction of sp³-hybridized carbons (Fsp3) is 0.909. The summed E-state index contributed by atoms with van der Waals surface area (Å²) in [5.74, 6) is -0.348. The van der Waals surface area contributed by atoms with Gasteiger partial charge in [0.15, 0.2) is 0 Å². The molecule has 94 valence electrons. The fourth-order valence-electron chi connectivity index (χ4n) is 1.99. The smallest absolute Gasteiger partial charge is 0.305 e. The Morgan fingerprint density at radius 1 is 1.50 bits per heavy atom. The van der Waals surface area contributed by atoms with Crippen molar-refractivity contribution < 1.29 is 15.0 Å². The molecule has 1 rings (SSSR count). The number of carboxylic acids is 1. The normalized spacial score (nSPS) is 20.5. The van der Waals surface area contributed by atoms with Gasteiger partial charge < -0.3 is 20.8 Å². The minimum Gasteiger partial charge on any atom is -0.481 e. The minimum atomic E-state index is -0.799. The quantitative estimate of drug-likeness (QED) is 0.487. The van der Waals surface area contributed by atoms with Crippen molar-refractivity contribution in [3.8, 4) is 0 Å². The van der Waals surface area contributed by atoms with E-state index < -0.39 is 12.1 Å². The maximum atomic E-state index is 10.7. The summed E-state index contributed by atoms with van der Waals surface area (Å²) in [5, 5.41) is 24.7. The van der Waals surface area contributed by atoms with E-state index in [0.717, 1.165) is 6.42 Å². The van der Waals surface area contributed by atoms with Gasteiger partial charge in [-0.05, 0) is 12.3 Å². The monoisotopic (exact) mass is 230 g/mol. The number of β-amino-alcohol motifs (C(OH)–C–C–N with tert-alkyl or cyclic N) is 1. The summed E-state index contributed by atoms with van der Waals surface area (Å²) in [6, 6.07) is 0. The van der Waals surface area contributed by atoms with Crippen LogP contribution in [0.1, 0.15) is 26.7 Å². The van der Waals surface area contributed by atoms with Crippen LogP contribution in [-0.2, 0) is 4.79 Å². The number of carboxylic acid groups (broad SMARTS) is 1. The molecule has 5 nitrogen and oxygen atoms in total. The Morgan fingerprint density at radius 2 is 2.12 bits per heavy atom. The number of aliphatic hydroxyl groups excluding tert-OH is 1. The van der Waals surface area contributed by atoms with Gasteiger partial charge in [-0.1, -0.05) is 13.8 Å². The first kappa shape index (κ1) is 13.4. The van der Waals surface area contributed by atoms with E-state index in [1.165, 1.54) is 0 Å². The van der Waals surface area contributed by atoms with Gasteiger partial charge in [0.2, 0.25) is 0 Å². The molecular weight excluding hydrogens is 208 g/mol. The van der Waals surface area contributed by atoms with Gasteiger partial charge in [-0.25, -0.2) is 0 Å². The molecule has 0 spiro atoms. The van der Waals surface area contributed by atoms with Gasteiger partial charge in [0, 0.05) is 19.6 Å². The number of hydrogen-bond acceptors (Lipinski definition) is 4. The highest BCUT2D eigenvalue weighted by Gasteiger charge is 2.38. The zero-order valence-corrected chi connectivity index (χ0v) is 9.99. The SMILES string of the molecule is CC(C)CC(O)CNC1(CC(=O)O)CNC1. The van der Waals surface area contributed by atoms with Crippen LogP contribution in [-0.4, -0.2) is 47.5 Å². The number of aliphatic carboxylic acids is 1. The van der Waals surface area contributed by atoms with E-state index in [1.54, 1.807) is 0 Å². The van der Waals surface area contributed by atoms with E-state index in [2.05, 4.69) is 24.5 Å². The summed E-state index contributed by atoms with van der Waals surface area (Å²) in [7, 11) is 0. The second kappa shape index (κ2) is 5.61. The van der Waals surface area contributed by atoms with E-state index in [1.807, 2.05) is 0 Å². The second-order valence-electron chi connectivity index (χ2n) is 5.12. The number of hydrogen-bond donors (Lipinski definition) is 4. The zero-order valence-electron chi connectivity index (χ0n) is 9.99. The van der Waals surface area contributed by atoms with Crippen molar-refractivity contribution in [3.63, 3.8) is 0 Å². The highest BCUT2D eigenvalue weighted by Crippen LogP contribution is 2.16. The first-order valence-electron chi connectivity index (χ1n) is 5.79. The topological polar surface area (TPSA) is 81.6 Å². The average Bonchev–Trinajstić information content (AvgIpc) is 2.07. The lowest BCUT2D eigenvalue weighted by Crippen LogP contribution is -2.69. The largest absolute Gasteiger partial charge is 0.481 e. The molecule has 0 radical (unpaired) electrons. The predicted molar refractivity (Wildman–Crippen MR) is 61.3 cm³/mol. The van der Waals surface area contributed by atoms with E-state index >= 15 is 0 Å². The summed E-state index contributed by atoms with van der Waals surface area (Å²) in [4.78, 5) is 10.7. The molecular formula is C11H22N2O3. The van der Waals surface area contributed by atoms with Crippen LogP contribution in [0, 0.1) is 5.92 Å². The van der Waals surface area contributed by atoms with Crippen LogP contribution in [0.25, 0.3) is 0 Å². The van der Waals surface area contributed by atoms with Gasteiger partial charge >= 0.3 is 5.97 Å². The highest BCUT2D eigenvalue weighted by atomic mass is 16.4. The lowest BCUT2D eigenvalue weighted by molar-refractivity contribution is -0.139. The van der Waals surface area contributed by atoms with E-state index in [-0.39, 0.29) is 12.0 Å². The van der Waals surface area contributed by atoms with Crippen molar-refractivity contribution >= 4 is 5.97 Å². The van der Waals surface area contributed by atoms with Crippen LogP contribution in [0.5, 0.6) is 0 Å². The summed E-state index contributed by atoms with van der Waals surface area (Å²) in [6.45, 7) is 5.90. The highest BCUT2D eigenvalue weighted by molar-refractivity contribution is 5.68. The Labute approximate surface area is 96.2 Å². The van der Waals surface area contributed by atoms with E-state index in [4.69, 9.17) is 5.11 Å². The lowest BCUT2D eigenvalue weighted by atomic mass is 9.88. The summed E-state index contributed by atoms with van der Waals surface area (Å²) in [5.41, 5.74) is -0.357. The molecule has 0 saturated carbocycles. The number of nitrogens with one attached hydrogen (secondary N) is 2. The molecule has 0 aliphatic carbocycles. The maximum Gasteiger partial charge on any atom is 0.305 e. The zero-order chi connectivity index (χ0) is 12.2. The molecule has 0 amide bonds. The van der Waals surface area contributed by atoms with Crippen LogP contribution in [0.15, 0.2) is 0 Å². The second-order valence-corrected chi connectivity index (χ2v) is 5.12. The average molecular weight is 230 g/mol. The van der Waals surface area contributed by atoms with Crippen molar-refractivity contribution in [2.24, 2.45) is 5.92 Å². The molecule has 1 heterocycles. The maximum absolute atomic E-state index is 10.7. The Hall–Kier alpha value is -0.650. The first-order chi connectivity index (χ1) is 7.43. The molecule has 4 N–H and O–H groups in total. The Balaban J connectivity index is 2.31. The molecule has 0 bridgehead atoms. The molecule has 1 aliphatic heterocycles. The number of rotatable bonds is 7. The van der Waals surface area contributed by atoms with E-state index in [0.29, 0.717) is 25.6 Å². The first-order valence-corrected chi connectivity index (χ1v) is 5.79. The van der Waals surface area contributed by atoms with Crippen molar-refractivity contribution in [3.05, 3.63) is 0 Å². The number of aliphatic hydroxyl groups is 1. The van der Waals surface area contributed by atoms with Gasteiger partial charge in [-0.2, -0.15) is 0 Å². The Kier molecular flexibility index (Phi) is 4.70. The predicted octanol–water partition coefficient (Wildman–Crippen LogP) is -0.200. The van der Waals surface area contributed by atoms with Crippen LogP contribution >= 0.6 is 0 Å². The molecule has 1 saturated heterocycles. The molecule has 1 fully saturated rings. The molecule has 0 aromatic rings. The van der Waals surface area contributed by atoms with Gasteiger partial charge in [0.1, 0.15) is 0 Å². The van der Waals surface area contributed by atoms with Gasteiger partial charge in [-0.3, -0.25) is 4.79 Å². The minimum absolute atomic E-state index is 0.106. The standard InChI is InChI=1S/C11H22N2O3/c1-8(2)3-9(14)5-13-11(4-10(15)16)6-12-7-11/h8-9,12-14H,3-7H2,1-2H3,(H,15,16). The molecule has 5 heteroatoms. The van der Waals surface area contributed by atoms with Crippen LogP contribution < -0.4 is 10.6 Å². The van der Waals surface area contributed by atoms with Crippen LogP contribution in [0.3, 0.4) is 0 Å². The summed E-state index contributed by atoms with van der Waals surface area (Å²) < 4.78 is 0. The number of carbonyl (C=O) groups is 1. The molecule has 0 aromatic carbocycles. The molecule has 1 unspecified atom stereocenters. The molecule has 16 heavy (non-hydrogen) atoms. The van der Waals surface area contributed by atoms with Crippen LogP contribution in [0.2, 0.25) is 0 Å². The van der Waals surface area contributed by atoms with Gasteiger partial charge in [0.25, 0.3) is 0 Å². The van der Waals surface area contributed by atoms with Crippen molar-refractivity contribution in [2.75, 3.05) is 19.6 Å². The molecule has 1 atom stereocenters. The fourth-order valence-corrected chi connectivity index (χ4v) is 1.99. The summed E-state index contributed by atoms with van der Waals surface area (Å²) in [6.07, 6.45) is 0.448. The van der Waals surface area contributed by atoms with Gasteiger partial charge in [-0.15, -0.1) is 0 Å². The third-order valence-corrected chi connectivity index (χ3v) is 2.87. The lowest BCUT2D eigenvalue weighted by Gasteiger charge is -2.43. The molecule has 0 aromatic heterocycles. The van der Waals surface area contributed by atoms with Crippen molar-refractivity contribution in [1.29, 1.82) is 0 Å². The molecule has 1 aliphatic rings. The van der Waals surface area contributed by atoms with E-state index in [9.17, 15) is 9.90 Å². The van der Waals surface area contributed by atoms with Crippen molar-refractivity contribution in [2.45, 2.75) is 38.3 Å².